The lowest BCUT2D eigenvalue weighted by atomic mass is 10.0. The summed E-state index contributed by atoms with van der Waals surface area (Å²) in [6.45, 7) is 6.91. The van der Waals surface area contributed by atoms with Crippen molar-refractivity contribution in [3.63, 3.8) is 0 Å². The fraction of sp³-hybridized carbons (Fsp3) is 0.533. The van der Waals surface area contributed by atoms with Crippen LogP contribution in [0.1, 0.15) is 42.6 Å². The molecule has 0 radical (unpaired) electrons. The highest BCUT2D eigenvalue weighted by atomic mass is 32.2. The summed E-state index contributed by atoms with van der Waals surface area (Å²) in [6.07, 6.45) is 4.17. The van der Waals surface area contributed by atoms with E-state index in [1.807, 2.05) is 30.8 Å². The van der Waals surface area contributed by atoms with Gasteiger partial charge in [0, 0.05) is 17.0 Å². The molecule has 4 heteroatoms. The van der Waals surface area contributed by atoms with Crippen molar-refractivity contribution < 1.29 is 4.79 Å². The van der Waals surface area contributed by atoms with Gasteiger partial charge in [-0.15, -0.1) is 0 Å². The molecule has 0 heterocycles. The van der Waals surface area contributed by atoms with Crippen LogP contribution in [-0.2, 0) is 0 Å². The number of rotatable bonds is 6. The van der Waals surface area contributed by atoms with E-state index in [1.165, 1.54) is 0 Å². The molecule has 0 saturated carbocycles. The summed E-state index contributed by atoms with van der Waals surface area (Å²) in [7, 11) is 0. The highest BCUT2D eigenvalue weighted by Crippen LogP contribution is 2.29. The van der Waals surface area contributed by atoms with Crippen LogP contribution >= 0.6 is 11.8 Å². The average Bonchev–Trinajstić information content (AvgIpc) is 2.44. The number of carbonyl (C=O) groups excluding carboxylic acids is 1. The standard InChI is InChI=1S/C15H24N2OS/c1-5-15(6-2,19-4)10-17-14(18)12-9-7-8-11(3)13(12)16/h7-9H,5-6,10,16H2,1-4H3,(H,17,18). The number of nitrogens with two attached hydrogens (primary N) is 1. The molecule has 106 valence electrons. The Kier molecular flexibility index (Phi) is 5.73. The van der Waals surface area contributed by atoms with Gasteiger partial charge in [-0.25, -0.2) is 0 Å². The third kappa shape index (κ3) is 3.66. The molecule has 0 fully saturated rings. The molecular weight excluding hydrogens is 256 g/mol. The third-order valence-electron chi connectivity index (χ3n) is 3.86. The molecule has 0 aromatic heterocycles. The molecule has 0 aliphatic carbocycles. The molecule has 1 rings (SSSR count). The number of benzene rings is 1. The van der Waals surface area contributed by atoms with Crippen molar-refractivity contribution in [3.05, 3.63) is 29.3 Å². The Bertz CT molecular complexity index is 434. The minimum absolute atomic E-state index is 0.0819. The molecule has 0 bridgehead atoms. The molecule has 3 N–H and O–H groups in total. The van der Waals surface area contributed by atoms with E-state index in [1.54, 1.807) is 6.07 Å². The molecule has 0 spiro atoms. The zero-order valence-electron chi connectivity index (χ0n) is 12.2. The minimum Gasteiger partial charge on any atom is -0.398 e. The largest absolute Gasteiger partial charge is 0.398 e. The summed E-state index contributed by atoms with van der Waals surface area (Å²) in [4.78, 5) is 12.2. The third-order valence-corrected chi connectivity index (χ3v) is 5.45. The number of nitrogens with one attached hydrogen (secondary N) is 1. The number of hydrogen-bond acceptors (Lipinski definition) is 3. The Morgan fingerprint density at radius 3 is 2.53 bits per heavy atom. The second-order valence-electron chi connectivity index (χ2n) is 4.81. The van der Waals surface area contributed by atoms with E-state index in [0.717, 1.165) is 18.4 Å². The number of nitrogen functional groups attached to an aromatic ring is 1. The summed E-state index contributed by atoms with van der Waals surface area (Å²) < 4.78 is 0.119. The maximum atomic E-state index is 12.2. The lowest BCUT2D eigenvalue weighted by Gasteiger charge is -2.29. The van der Waals surface area contributed by atoms with Crippen LogP contribution in [-0.4, -0.2) is 23.5 Å². The normalized spacial score (nSPS) is 11.4. The summed E-state index contributed by atoms with van der Waals surface area (Å²) >= 11 is 1.82. The van der Waals surface area contributed by atoms with Crippen LogP contribution in [0, 0.1) is 6.92 Å². The molecule has 0 atom stereocenters. The molecule has 1 aromatic carbocycles. The fourth-order valence-electron chi connectivity index (χ4n) is 2.08. The second-order valence-corrected chi connectivity index (χ2v) is 6.09. The topological polar surface area (TPSA) is 55.1 Å². The van der Waals surface area contributed by atoms with Gasteiger partial charge in [0.25, 0.3) is 5.91 Å². The van der Waals surface area contributed by atoms with Crippen LogP contribution in [0.15, 0.2) is 18.2 Å². The van der Waals surface area contributed by atoms with Crippen molar-refractivity contribution in [1.29, 1.82) is 0 Å². The Morgan fingerprint density at radius 1 is 1.37 bits per heavy atom. The molecule has 0 aliphatic rings. The van der Waals surface area contributed by atoms with Gasteiger partial charge >= 0.3 is 0 Å². The van der Waals surface area contributed by atoms with E-state index < -0.39 is 0 Å². The van der Waals surface area contributed by atoms with E-state index in [9.17, 15) is 4.79 Å². The summed E-state index contributed by atoms with van der Waals surface area (Å²) in [5.41, 5.74) is 8.04. The first-order valence-electron chi connectivity index (χ1n) is 6.68. The zero-order valence-corrected chi connectivity index (χ0v) is 13.1. The monoisotopic (exact) mass is 280 g/mol. The first-order chi connectivity index (χ1) is 8.99. The molecular formula is C15H24N2OS. The number of carbonyl (C=O) groups is 1. The van der Waals surface area contributed by atoms with Crippen LogP contribution in [0.5, 0.6) is 0 Å². The van der Waals surface area contributed by atoms with E-state index >= 15 is 0 Å². The van der Waals surface area contributed by atoms with Crippen LogP contribution in [0.25, 0.3) is 0 Å². The minimum atomic E-state index is -0.0819. The predicted octanol–water partition coefficient (Wildman–Crippen LogP) is 3.23. The Morgan fingerprint density at radius 2 is 2.00 bits per heavy atom. The zero-order chi connectivity index (χ0) is 14.5. The lowest BCUT2D eigenvalue weighted by molar-refractivity contribution is 0.0949. The molecule has 1 aromatic rings. The maximum Gasteiger partial charge on any atom is 0.253 e. The number of aryl methyl sites for hydroxylation is 1. The highest BCUT2D eigenvalue weighted by Gasteiger charge is 2.25. The van der Waals surface area contributed by atoms with Crippen molar-refractivity contribution in [2.45, 2.75) is 38.4 Å². The molecule has 0 saturated heterocycles. The summed E-state index contributed by atoms with van der Waals surface area (Å²) in [5, 5.41) is 3.02. The van der Waals surface area contributed by atoms with Gasteiger partial charge in [0.2, 0.25) is 0 Å². The average molecular weight is 280 g/mol. The van der Waals surface area contributed by atoms with Gasteiger partial charge in [-0.05, 0) is 37.7 Å². The van der Waals surface area contributed by atoms with Crippen molar-refractivity contribution in [2.75, 3.05) is 18.5 Å². The van der Waals surface area contributed by atoms with E-state index in [4.69, 9.17) is 5.73 Å². The van der Waals surface area contributed by atoms with Crippen LogP contribution in [0.2, 0.25) is 0 Å². The number of para-hydroxylation sites is 1. The van der Waals surface area contributed by atoms with Crippen molar-refractivity contribution in [2.24, 2.45) is 0 Å². The van der Waals surface area contributed by atoms with Crippen molar-refractivity contribution in [1.82, 2.24) is 5.32 Å². The van der Waals surface area contributed by atoms with E-state index in [-0.39, 0.29) is 10.7 Å². The molecule has 19 heavy (non-hydrogen) atoms. The van der Waals surface area contributed by atoms with Gasteiger partial charge in [0.15, 0.2) is 0 Å². The highest BCUT2D eigenvalue weighted by molar-refractivity contribution is 8.00. The van der Waals surface area contributed by atoms with Crippen LogP contribution < -0.4 is 11.1 Å². The summed E-state index contributed by atoms with van der Waals surface area (Å²) in [5.74, 6) is -0.0819. The second kappa shape index (κ2) is 6.85. The maximum absolute atomic E-state index is 12.2. The van der Waals surface area contributed by atoms with Gasteiger partial charge in [-0.3, -0.25) is 4.79 Å². The Hall–Kier alpha value is -1.16. The fourth-order valence-corrected chi connectivity index (χ4v) is 2.87. The van der Waals surface area contributed by atoms with Gasteiger partial charge in [-0.2, -0.15) is 11.8 Å². The van der Waals surface area contributed by atoms with Crippen molar-refractivity contribution >= 4 is 23.4 Å². The Labute approximate surface area is 120 Å². The number of anilines is 1. The SMILES string of the molecule is CCC(CC)(CNC(=O)c1cccc(C)c1N)SC. The number of amides is 1. The first kappa shape index (κ1) is 15.9. The van der Waals surface area contributed by atoms with E-state index in [0.29, 0.717) is 17.8 Å². The van der Waals surface area contributed by atoms with Crippen LogP contribution in [0.3, 0.4) is 0 Å². The Balaban J connectivity index is 2.78. The molecule has 0 unspecified atom stereocenters. The van der Waals surface area contributed by atoms with Gasteiger partial charge in [-0.1, -0.05) is 26.0 Å². The molecule has 1 amide bonds. The summed E-state index contributed by atoms with van der Waals surface area (Å²) in [6, 6.07) is 5.55. The molecule has 3 nitrogen and oxygen atoms in total. The smallest absolute Gasteiger partial charge is 0.253 e. The van der Waals surface area contributed by atoms with Gasteiger partial charge < -0.3 is 11.1 Å². The van der Waals surface area contributed by atoms with Gasteiger partial charge in [0.1, 0.15) is 0 Å². The predicted molar refractivity (Wildman–Crippen MR) is 84.8 cm³/mol. The molecule has 0 aliphatic heterocycles. The van der Waals surface area contributed by atoms with E-state index in [2.05, 4.69) is 25.4 Å². The van der Waals surface area contributed by atoms with Gasteiger partial charge in [0.05, 0.1) is 5.56 Å². The quantitative estimate of drug-likeness (QED) is 0.787. The first-order valence-corrected chi connectivity index (χ1v) is 7.90. The van der Waals surface area contributed by atoms with Crippen LogP contribution in [0.4, 0.5) is 5.69 Å². The van der Waals surface area contributed by atoms with Crippen molar-refractivity contribution in [3.8, 4) is 0 Å². The number of hydrogen-bond donors (Lipinski definition) is 2. The number of thioether (sulfide) groups is 1. The lowest BCUT2D eigenvalue weighted by Crippen LogP contribution is -2.39.